The van der Waals surface area contributed by atoms with E-state index in [1.54, 1.807) is 31.5 Å². The molecule has 0 aliphatic carbocycles. The third-order valence-corrected chi connectivity index (χ3v) is 2.65. The standard InChI is InChI=1S/C13H11N3O3/c1-18-8-3-2-4-9(7-8)19-10-5-6-14-12-11(10)15-13(17)16-12/h2-7H,1H3,(H2,14,15,16,17). The maximum absolute atomic E-state index is 11.3. The molecular weight excluding hydrogens is 246 g/mol. The zero-order chi connectivity index (χ0) is 13.2. The van der Waals surface area contributed by atoms with Gasteiger partial charge in [-0.15, -0.1) is 0 Å². The van der Waals surface area contributed by atoms with Gasteiger partial charge in [0.05, 0.1) is 7.11 Å². The Labute approximate surface area is 108 Å². The van der Waals surface area contributed by atoms with Crippen LogP contribution in [0.5, 0.6) is 17.2 Å². The summed E-state index contributed by atoms with van der Waals surface area (Å²) < 4.78 is 10.9. The normalized spacial score (nSPS) is 10.6. The molecule has 0 fully saturated rings. The van der Waals surface area contributed by atoms with Crippen molar-refractivity contribution in [3.05, 3.63) is 47.0 Å². The minimum atomic E-state index is -0.316. The van der Waals surface area contributed by atoms with E-state index >= 15 is 0 Å². The van der Waals surface area contributed by atoms with E-state index in [0.717, 1.165) is 0 Å². The van der Waals surface area contributed by atoms with Crippen molar-refractivity contribution in [3.8, 4) is 17.2 Å². The molecule has 0 saturated carbocycles. The average molecular weight is 257 g/mol. The minimum Gasteiger partial charge on any atom is -0.497 e. The van der Waals surface area contributed by atoms with Crippen LogP contribution in [0.1, 0.15) is 0 Å². The first-order chi connectivity index (χ1) is 9.26. The van der Waals surface area contributed by atoms with Crippen molar-refractivity contribution >= 4 is 11.2 Å². The zero-order valence-electron chi connectivity index (χ0n) is 10.1. The van der Waals surface area contributed by atoms with Crippen LogP contribution in [-0.4, -0.2) is 22.1 Å². The highest BCUT2D eigenvalue weighted by Gasteiger charge is 2.07. The number of fused-ring (bicyclic) bond motifs is 1. The molecule has 0 unspecified atom stereocenters. The highest BCUT2D eigenvalue weighted by atomic mass is 16.5. The number of aromatic amines is 2. The third kappa shape index (κ3) is 2.15. The van der Waals surface area contributed by atoms with E-state index in [1.165, 1.54) is 0 Å². The van der Waals surface area contributed by atoms with E-state index in [2.05, 4.69) is 15.0 Å². The van der Waals surface area contributed by atoms with Crippen LogP contribution in [0.15, 0.2) is 41.3 Å². The lowest BCUT2D eigenvalue weighted by atomic mass is 10.3. The Hall–Kier alpha value is -2.76. The lowest BCUT2D eigenvalue weighted by molar-refractivity contribution is 0.409. The molecule has 1 aromatic carbocycles. The van der Waals surface area contributed by atoms with Crippen molar-refractivity contribution in [2.75, 3.05) is 7.11 Å². The minimum absolute atomic E-state index is 0.316. The predicted molar refractivity (Wildman–Crippen MR) is 69.8 cm³/mol. The number of benzene rings is 1. The number of ether oxygens (including phenoxy) is 2. The first-order valence-corrected chi connectivity index (χ1v) is 5.65. The molecule has 2 N–H and O–H groups in total. The number of hydrogen-bond donors (Lipinski definition) is 2. The Morgan fingerprint density at radius 2 is 2.00 bits per heavy atom. The molecule has 2 heterocycles. The second-order valence-electron chi connectivity index (χ2n) is 3.89. The van der Waals surface area contributed by atoms with Crippen LogP contribution in [0, 0.1) is 0 Å². The third-order valence-electron chi connectivity index (χ3n) is 2.65. The van der Waals surface area contributed by atoms with Gasteiger partial charge in [-0.25, -0.2) is 9.78 Å². The first kappa shape index (κ1) is 11.3. The number of aromatic nitrogens is 3. The molecule has 0 aliphatic rings. The number of nitrogens with one attached hydrogen (secondary N) is 2. The van der Waals surface area contributed by atoms with Gasteiger partial charge in [-0.05, 0) is 12.1 Å². The van der Waals surface area contributed by atoms with E-state index < -0.39 is 0 Å². The van der Waals surface area contributed by atoms with E-state index in [-0.39, 0.29) is 5.69 Å². The monoisotopic (exact) mass is 257 g/mol. The number of hydrogen-bond acceptors (Lipinski definition) is 4. The van der Waals surface area contributed by atoms with Crippen molar-refractivity contribution in [2.45, 2.75) is 0 Å². The molecule has 0 spiro atoms. The van der Waals surface area contributed by atoms with E-state index in [0.29, 0.717) is 28.4 Å². The van der Waals surface area contributed by atoms with Crippen LogP contribution in [0.25, 0.3) is 11.2 Å². The second kappa shape index (κ2) is 4.49. The Balaban J connectivity index is 2.02. The number of H-pyrrole nitrogens is 2. The Kier molecular flexibility index (Phi) is 2.68. The summed E-state index contributed by atoms with van der Waals surface area (Å²) in [7, 11) is 1.59. The van der Waals surface area contributed by atoms with Gasteiger partial charge in [0.15, 0.2) is 11.4 Å². The molecule has 19 heavy (non-hydrogen) atoms. The smallest absolute Gasteiger partial charge is 0.325 e. The summed E-state index contributed by atoms with van der Waals surface area (Å²) in [6, 6.07) is 8.90. The van der Waals surface area contributed by atoms with Gasteiger partial charge in [-0.3, -0.25) is 4.98 Å². The van der Waals surface area contributed by atoms with Crippen molar-refractivity contribution in [2.24, 2.45) is 0 Å². The highest BCUT2D eigenvalue weighted by molar-refractivity contribution is 5.77. The zero-order valence-corrected chi connectivity index (χ0v) is 10.1. The average Bonchev–Trinajstić information content (AvgIpc) is 2.80. The topological polar surface area (TPSA) is 80.0 Å². The van der Waals surface area contributed by atoms with Crippen LogP contribution >= 0.6 is 0 Å². The van der Waals surface area contributed by atoms with Gasteiger partial charge in [0.25, 0.3) is 0 Å². The van der Waals surface area contributed by atoms with Crippen LogP contribution in [0.2, 0.25) is 0 Å². The number of pyridine rings is 1. The lowest BCUT2D eigenvalue weighted by Crippen LogP contribution is -1.99. The summed E-state index contributed by atoms with van der Waals surface area (Å²) in [4.78, 5) is 20.5. The molecule has 3 rings (SSSR count). The van der Waals surface area contributed by atoms with Gasteiger partial charge in [0, 0.05) is 18.3 Å². The number of imidazole rings is 1. The van der Waals surface area contributed by atoms with Crippen molar-refractivity contribution in [1.29, 1.82) is 0 Å². The molecule has 0 amide bonds. The largest absolute Gasteiger partial charge is 0.497 e. The van der Waals surface area contributed by atoms with Crippen molar-refractivity contribution in [3.63, 3.8) is 0 Å². The quantitative estimate of drug-likeness (QED) is 0.752. The van der Waals surface area contributed by atoms with Crippen LogP contribution < -0.4 is 15.2 Å². The van der Waals surface area contributed by atoms with Gasteiger partial charge >= 0.3 is 5.69 Å². The molecule has 2 aromatic heterocycles. The van der Waals surface area contributed by atoms with Gasteiger partial charge < -0.3 is 14.5 Å². The van der Waals surface area contributed by atoms with Gasteiger partial charge in [-0.1, -0.05) is 6.07 Å². The molecule has 96 valence electrons. The Bertz CT molecular complexity index is 776. The summed E-state index contributed by atoms with van der Waals surface area (Å²) in [6.07, 6.45) is 1.57. The molecule has 0 aliphatic heterocycles. The number of rotatable bonds is 3. The first-order valence-electron chi connectivity index (χ1n) is 5.65. The molecule has 6 heteroatoms. The SMILES string of the molecule is COc1cccc(Oc2ccnc3[nH]c(=O)[nH]c23)c1. The fourth-order valence-electron chi connectivity index (χ4n) is 1.79. The maximum Gasteiger partial charge on any atom is 0.325 e. The van der Waals surface area contributed by atoms with Gasteiger partial charge in [-0.2, -0.15) is 0 Å². The fourth-order valence-corrected chi connectivity index (χ4v) is 1.79. The maximum atomic E-state index is 11.3. The second-order valence-corrected chi connectivity index (χ2v) is 3.89. The van der Waals surface area contributed by atoms with Crippen LogP contribution in [-0.2, 0) is 0 Å². The predicted octanol–water partition coefficient (Wildman–Crippen LogP) is 2.05. The van der Waals surface area contributed by atoms with Gasteiger partial charge in [0.2, 0.25) is 0 Å². The van der Waals surface area contributed by atoms with Crippen LogP contribution in [0.3, 0.4) is 0 Å². The fraction of sp³-hybridized carbons (Fsp3) is 0.0769. The summed E-state index contributed by atoms with van der Waals surface area (Å²) >= 11 is 0. The number of nitrogens with zero attached hydrogens (tertiary/aromatic N) is 1. The van der Waals surface area contributed by atoms with E-state index in [4.69, 9.17) is 9.47 Å². The van der Waals surface area contributed by atoms with Crippen molar-refractivity contribution in [1.82, 2.24) is 15.0 Å². The summed E-state index contributed by atoms with van der Waals surface area (Å²) in [5.41, 5.74) is 0.685. The van der Waals surface area contributed by atoms with Crippen LogP contribution in [0.4, 0.5) is 0 Å². The van der Waals surface area contributed by atoms with E-state index in [1.807, 2.05) is 12.1 Å². The Morgan fingerprint density at radius 1 is 1.16 bits per heavy atom. The lowest BCUT2D eigenvalue weighted by Gasteiger charge is -2.07. The summed E-state index contributed by atoms with van der Waals surface area (Å²) in [5.74, 6) is 1.84. The molecule has 3 aromatic rings. The summed E-state index contributed by atoms with van der Waals surface area (Å²) in [5, 5.41) is 0. The highest BCUT2D eigenvalue weighted by Crippen LogP contribution is 2.28. The van der Waals surface area contributed by atoms with Crippen molar-refractivity contribution < 1.29 is 9.47 Å². The molecule has 6 nitrogen and oxygen atoms in total. The molecular formula is C13H11N3O3. The molecule has 0 atom stereocenters. The van der Waals surface area contributed by atoms with Gasteiger partial charge in [0.1, 0.15) is 17.0 Å². The Morgan fingerprint density at radius 3 is 2.84 bits per heavy atom. The number of methoxy groups -OCH3 is 1. The summed E-state index contributed by atoms with van der Waals surface area (Å²) in [6.45, 7) is 0. The molecule has 0 bridgehead atoms. The molecule has 0 radical (unpaired) electrons. The molecule has 0 saturated heterocycles. The van der Waals surface area contributed by atoms with E-state index in [9.17, 15) is 4.79 Å².